The van der Waals surface area contributed by atoms with Gasteiger partial charge >= 0.3 is 0 Å². The smallest absolute Gasteiger partial charge is 0.0925 e. The van der Waals surface area contributed by atoms with Crippen molar-refractivity contribution in [2.75, 3.05) is 23.3 Å². The first-order valence-electron chi connectivity index (χ1n) is 7.41. The predicted molar refractivity (Wildman–Crippen MR) is 83.2 cm³/mol. The van der Waals surface area contributed by atoms with Crippen LogP contribution in [0.25, 0.3) is 0 Å². The maximum Gasteiger partial charge on any atom is 0.0925 e. The van der Waals surface area contributed by atoms with Gasteiger partial charge in [-0.05, 0) is 38.3 Å². The Balaban J connectivity index is 1.74. The highest BCUT2D eigenvalue weighted by Crippen LogP contribution is 2.28. The van der Waals surface area contributed by atoms with Crippen LogP contribution in [0.1, 0.15) is 30.7 Å². The Bertz CT molecular complexity index is 555. The molecule has 2 N–H and O–H groups in total. The Labute approximate surface area is 120 Å². The summed E-state index contributed by atoms with van der Waals surface area (Å²) in [6.07, 6.45) is 5.71. The molecule has 1 aliphatic heterocycles. The van der Waals surface area contributed by atoms with Crippen molar-refractivity contribution < 1.29 is 0 Å². The zero-order chi connectivity index (χ0) is 13.8. The van der Waals surface area contributed by atoms with Gasteiger partial charge in [-0.25, -0.2) is 4.98 Å². The van der Waals surface area contributed by atoms with Gasteiger partial charge in [0.2, 0.25) is 0 Å². The Morgan fingerprint density at radius 1 is 1.20 bits per heavy atom. The minimum absolute atomic E-state index is 0.764. The van der Waals surface area contributed by atoms with Crippen LogP contribution in [0.4, 0.5) is 11.4 Å². The standard InChI is InChI=1S/C16H22N4/c1-13-15(19-12-18-13)11-17-14-7-3-4-8-16(14)20-9-5-2-6-10-20/h3-4,7-8,12,17H,2,5-6,9-11H2,1H3,(H,18,19). The number of nitrogens with one attached hydrogen (secondary N) is 2. The van der Waals surface area contributed by atoms with E-state index in [0.29, 0.717) is 0 Å². The molecule has 20 heavy (non-hydrogen) atoms. The fourth-order valence-corrected chi connectivity index (χ4v) is 2.78. The molecule has 0 amide bonds. The molecular weight excluding hydrogens is 248 g/mol. The maximum absolute atomic E-state index is 4.34. The molecule has 0 unspecified atom stereocenters. The number of hydrogen-bond donors (Lipinski definition) is 2. The van der Waals surface area contributed by atoms with Crippen LogP contribution in [0.5, 0.6) is 0 Å². The lowest BCUT2D eigenvalue weighted by molar-refractivity contribution is 0.578. The second kappa shape index (κ2) is 5.99. The average Bonchev–Trinajstić information content (AvgIpc) is 2.92. The van der Waals surface area contributed by atoms with Crippen LogP contribution in [-0.4, -0.2) is 23.1 Å². The van der Waals surface area contributed by atoms with Crippen LogP contribution in [0, 0.1) is 6.92 Å². The van der Waals surface area contributed by atoms with Crippen LogP contribution in [0.2, 0.25) is 0 Å². The first kappa shape index (κ1) is 13.0. The molecule has 0 spiro atoms. The van der Waals surface area contributed by atoms with Gasteiger partial charge in [0.05, 0.1) is 29.9 Å². The van der Waals surface area contributed by atoms with Gasteiger partial charge < -0.3 is 15.2 Å². The maximum atomic E-state index is 4.34. The largest absolute Gasteiger partial charge is 0.378 e. The van der Waals surface area contributed by atoms with Crippen molar-refractivity contribution in [3.8, 4) is 0 Å². The summed E-state index contributed by atoms with van der Waals surface area (Å²) in [6, 6.07) is 8.58. The van der Waals surface area contributed by atoms with Crippen molar-refractivity contribution in [3.05, 3.63) is 42.0 Å². The van der Waals surface area contributed by atoms with Crippen molar-refractivity contribution >= 4 is 11.4 Å². The van der Waals surface area contributed by atoms with Gasteiger partial charge in [0, 0.05) is 18.8 Å². The monoisotopic (exact) mass is 270 g/mol. The number of H-pyrrole nitrogens is 1. The van der Waals surface area contributed by atoms with Crippen LogP contribution in [0.15, 0.2) is 30.6 Å². The summed E-state index contributed by atoms with van der Waals surface area (Å²) in [5, 5.41) is 3.53. The van der Waals surface area contributed by atoms with E-state index < -0.39 is 0 Å². The summed E-state index contributed by atoms with van der Waals surface area (Å²) >= 11 is 0. The number of para-hydroxylation sites is 2. The second-order valence-electron chi connectivity index (χ2n) is 5.39. The van der Waals surface area contributed by atoms with Gasteiger partial charge in [-0.3, -0.25) is 0 Å². The van der Waals surface area contributed by atoms with Crippen molar-refractivity contribution in [2.45, 2.75) is 32.7 Å². The molecule has 1 aromatic carbocycles. The van der Waals surface area contributed by atoms with E-state index in [9.17, 15) is 0 Å². The van der Waals surface area contributed by atoms with Crippen molar-refractivity contribution in [2.24, 2.45) is 0 Å². The summed E-state index contributed by atoms with van der Waals surface area (Å²) in [5.41, 5.74) is 4.74. The minimum atomic E-state index is 0.764. The molecule has 0 bridgehead atoms. The van der Waals surface area contributed by atoms with Gasteiger partial charge in [0.25, 0.3) is 0 Å². The summed E-state index contributed by atoms with van der Waals surface area (Å²) in [6.45, 7) is 5.15. The fraction of sp³-hybridized carbons (Fsp3) is 0.438. The number of anilines is 2. The highest BCUT2D eigenvalue weighted by molar-refractivity contribution is 5.70. The number of rotatable bonds is 4. The minimum Gasteiger partial charge on any atom is -0.378 e. The molecule has 4 heteroatoms. The van der Waals surface area contributed by atoms with E-state index in [-0.39, 0.29) is 0 Å². The Kier molecular flexibility index (Phi) is 3.90. The highest BCUT2D eigenvalue weighted by Gasteiger charge is 2.14. The van der Waals surface area contributed by atoms with Crippen molar-refractivity contribution in [1.29, 1.82) is 0 Å². The SMILES string of the molecule is Cc1[nH]cnc1CNc1ccccc1N1CCCCC1. The molecule has 1 aliphatic rings. The average molecular weight is 270 g/mol. The number of benzene rings is 1. The molecule has 1 fully saturated rings. The van der Waals surface area contributed by atoms with E-state index in [1.165, 1.54) is 43.7 Å². The normalized spacial score (nSPS) is 15.3. The lowest BCUT2D eigenvalue weighted by Crippen LogP contribution is -2.30. The van der Waals surface area contributed by atoms with Gasteiger partial charge in [0.15, 0.2) is 0 Å². The molecule has 1 saturated heterocycles. The zero-order valence-electron chi connectivity index (χ0n) is 12.0. The number of piperidine rings is 1. The first-order valence-corrected chi connectivity index (χ1v) is 7.41. The summed E-state index contributed by atoms with van der Waals surface area (Å²) in [5.74, 6) is 0. The number of aromatic amines is 1. The summed E-state index contributed by atoms with van der Waals surface area (Å²) in [7, 11) is 0. The summed E-state index contributed by atoms with van der Waals surface area (Å²) < 4.78 is 0. The molecule has 4 nitrogen and oxygen atoms in total. The van der Waals surface area contributed by atoms with Gasteiger partial charge in [-0.15, -0.1) is 0 Å². The zero-order valence-corrected chi connectivity index (χ0v) is 12.0. The highest BCUT2D eigenvalue weighted by atomic mass is 15.1. The Morgan fingerprint density at radius 2 is 2.00 bits per heavy atom. The molecule has 0 saturated carbocycles. The number of aromatic nitrogens is 2. The molecule has 0 radical (unpaired) electrons. The van der Waals surface area contributed by atoms with Crippen molar-refractivity contribution in [3.63, 3.8) is 0 Å². The summed E-state index contributed by atoms with van der Waals surface area (Å²) in [4.78, 5) is 9.95. The van der Waals surface area contributed by atoms with E-state index in [2.05, 4.69) is 51.4 Å². The van der Waals surface area contributed by atoms with E-state index in [0.717, 1.165) is 17.9 Å². The quantitative estimate of drug-likeness (QED) is 0.895. The van der Waals surface area contributed by atoms with Crippen LogP contribution in [0.3, 0.4) is 0 Å². The van der Waals surface area contributed by atoms with Gasteiger partial charge in [0.1, 0.15) is 0 Å². The number of aryl methyl sites for hydroxylation is 1. The van der Waals surface area contributed by atoms with Gasteiger partial charge in [-0.2, -0.15) is 0 Å². The Morgan fingerprint density at radius 3 is 2.75 bits per heavy atom. The molecular formula is C16H22N4. The van der Waals surface area contributed by atoms with E-state index in [1.54, 1.807) is 6.33 Å². The van der Waals surface area contributed by atoms with Crippen LogP contribution in [-0.2, 0) is 6.54 Å². The lowest BCUT2D eigenvalue weighted by Gasteiger charge is -2.30. The molecule has 2 heterocycles. The molecule has 0 atom stereocenters. The molecule has 3 rings (SSSR count). The lowest BCUT2D eigenvalue weighted by atomic mass is 10.1. The van der Waals surface area contributed by atoms with E-state index >= 15 is 0 Å². The molecule has 2 aromatic rings. The number of hydrogen-bond acceptors (Lipinski definition) is 3. The Hall–Kier alpha value is -1.97. The third kappa shape index (κ3) is 2.79. The van der Waals surface area contributed by atoms with Gasteiger partial charge in [-0.1, -0.05) is 12.1 Å². The van der Waals surface area contributed by atoms with Crippen molar-refractivity contribution in [1.82, 2.24) is 9.97 Å². The van der Waals surface area contributed by atoms with Crippen LogP contribution >= 0.6 is 0 Å². The van der Waals surface area contributed by atoms with Crippen LogP contribution < -0.4 is 10.2 Å². The number of imidazole rings is 1. The molecule has 1 aromatic heterocycles. The first-order chi connectivity index (χ1) is 9.84. The van der Waals surface area contributed by atoms with E-state index in [1.807, 2.05) is 0 Å². The third-order valence-corrected chi connectivity index (χ3v) is 3.98. The van der Waals surface area contributed by atoms with E-state index in [4.69, 9.17) is 0 Å². The fourth-order valence-electron chi connectivity index (χ4n) is 2.78. The molecule has 0 aliphatic carbocycles. The number of nitrogens with zero attached hydrogens (tertiary/aromatic N) is 2. The predicted octanol–water partition coefficient (Wildman–Crippen LogP) is 3.32. The topological polar surface area (TPSA) is 44.0 Å². The third-order valence-electron chi connectivity index (χ3n) is 3.98. The molecule has 106 valence electrons. The second-order valence-corrected chi connectivity index (χ2v) is 5.39.